The lowest BCUT2D eigenvalue weighted by Gasteiger charge is -2.06. The predicted molar refractivity (Wildman–Crippen MR) is 80.7 cm³/mol. The first-order valence-corrected chi connectivity index (χ1v) is 6.76. The van der Waals surface area contributed by atoms with Gasteiger partial charge in [-0.1, -0.05) is 48.5 Å². The summed E-state index contributed by atoms with van der Waals surface area (Å²) in [5.41, 5.74) is 4.18. The number of rotatable bonds is 7. The Morgan fingerprint density at radius 3 is 2.48 bits per heavy atom. The van der Waals surface area contributed by atoms with Crippen LogP contribution < -0.4 is 5.32 Å². The van der Waals surface area contributed by atoms with Crippen molar-refractivity contribution in [1.29, 1.82) is 0 Å². The van der Waals surface area contributed by atoms with E-state index in [-0.39, 0.29) is 6.42 Å². The maximum Gasteiger partial charge on any atom is 0.303 e. The summed E-state index contributed by atoms with van der Waals surface area (Å²) in [5, 5.41) is 11.4. The van der Waals surface area contributed by atoms with E-state index in [1.807, 2.05) is 48.5 Å². The summed E-state index contributed by atoms with van der Waals surface area (Å²) in [6, 6.07) is 15.8. The second kappa shape index (κ2) is 7.24. The van der Waals surface area contributed by atoms with Gasteiger partial charge in [0.15, 0.2) is 0 Å². The van der Waals surface area contributed by atoms with Gasteiger partial charge >= 0.3 is 5.97 Å². The number of carbonyl (C=O) groups is 2. The molecule has 0 unspecified atom stereocenters. The van der Waals surface area contributed by atoms with Gasteiger partial charge < -0.3 is 10.4 Å². The molecule has 0 radical (unpaired) electrons. The average Bonchev–Trinajstić information content (AvgIpc) is 2.52. The minimum atomic E-state index is -0.785. The second-order valence-electron chi connectivity index (χ2n) is 4.79. The van der Waals surface area contributed by atoms with Crippen molar-refractivity contribution in [2.24, 2.45) is 0 Å². The molecule has 2 aromatic carbocycles. The number of nitrogens with one attached hydrogen (secondary N) is 1. The molecule has 0 fully saturated rings. The number of aliphatic carboxylic acids is 1. The zero-order valence-electron chi connectivity index (χ0n) is 11.6. The zero-order chi connectivity index (χ0) is 15.1. The molecule has 0 spiro atoms. The largest absolute Gasteiger partial charge is 0.481 e. The normalized spacial score (nSPS) is 10.1. The predicted octanol–water partition coefficient (Wildman–Crippen LogP) is 2.62. The number of carbonyl (C=O) groups excluding carboxylic acids is 1. The molecule has 0 saturated carbocycles. The van der Waals surface area contributed by atoms with Gasteiger partial charge in [-0.15, -0.1) is 0 Å². The van der Waals surface area contributed by atoms with E-state index in [0.29, 0.717) is 19.4 Å². The van der Waals surface area contributed by atoms with Crippen LogP contribution >= 0.6 is 0 Å². The van der Waals surface area contributed by atoms with Gasteiger partial charge in [-0.3, -0.25) is 9.59 Å². The Balaban J connectivity index is 2.11. The first-order chi connectivity index (χ1) is 10.2. The molecule has 0 aliphatic heterocycles. The molecular formula is C17H17NO3. The van der Waals surface area contributed by atoms with E-state index in [0.717, 1.165) is 22.3 Å². The summed E-state index contributed by atoms with van der Waals surface area (Å²) in [4.78, 5) is 20.9. The lowest BCUT2D eigenvalue weighted by molar-refractivity contribution is -0.137. The Kier molecular flexibility index (Phi) is 5.10. The molecule has 0 saturated heterocycles. The molecule has 0 atom stereocenters. The fourth-order valence-corrected chi connectivity index (χ4v) is 2.13. The number of amides is 1. The third kappa shape index (κ3) is 4.45. The SMILES string of the molecule is O=CNCc1ccc(-c2cccc(CCC(=O)O)c2)cc1. The van der Waals surface area contributed by atoms with Crippen LogP contribution in [0.4, 0.5) is 0 Å². The van der Waals surface area contributed by atoms with Crippen molar-refractivity contribution < 1.29 is 14.7 Å². The molecule has 21 heavy (non-hydrogen) atoms. The van der Waals surface area contributed by atoms with Crippen LogP contribution in [0, 0.1) is 0 Å². The van der Waals surface area contributed by atoms with Crippen molar-refractivity contribution in [2.75, 3.05) is 0 Å². The summed E-state index contributed by atoms with van der Waals surface area (Å²) in [7, 11) is 0. The van der Waals surface area contributed by atoms with Crippen LogP contribution in [-0.4, -0.2) is 17.5 Å². The molecule has 4 heteroatoms. The summed E-state index contributed by atoms with van der Waals surface area (Å²) in [6.45, 7) is 0.516. The molecule has 0 bridgehead atoms. The highest BCUT2D eigenvalue weighted by Crippen LogP contribution is 2.21. The Bertz CT molecular complexity index is 620. The fourth-order valence-electron chi connectivity index (χ4n) is 2.13. The van der Waals surface area contributed by atoms with Gasteiger partial charge in [-0.2, -0.15) is 0 Å². The molecule has 108 valence electrons. The van der Waals surface area contributed by atoms with Gasteiger partial charge in [-0.05, 0) is 28.7 Å². The van der Waals surface area contributed by atoms with Gasteiger partial charge in [0.1, 0.15) is 0 Å². The van der Waals surface area contributed by atoms with Gasteiger partial charge in [0, 0.05) is 13.0 Å². The van der Waals surface area contributed by atoms with Crippen LogP contribution in [0.2, 0.25) is 0 Å². The number of carboxylic acids is 1. The highest BCUT2D eigenvalue weighted by atomic mass is 16.4. The Morgan fingerprint density at radius 1 is 1.05 bits per heavy atom. The molecule has 0 aliphatic carbocycles. The van der Waals surface area contributed by atoms with Crippen LogP contribution in [-0.2, 0) is 22.6 Å². The first-order valence-electron chi connectivity index (χ1n) is 6.76. The minimum Gasteiger partial charge on any atom is -0.481 e. The molecule has 1 amide bonds. The van der Waals surface area contributed by atoms with E-state index >= 15 is 0 Å². The summed E-state index contributed by atoms with van der Waals surface area (Å²) in [5.74, 6) is -0.785. The van der Waals surface area contributed by atoms with E-state index < -0.39 is 5.97 Å². The maximum absolute atomic E-state index is 10.6. The standard InChI is InChI=1S/C17H17NO3/c19-12-18-11-14-4-7-15(8-5-14)16-3-1-2-13(10-16)6-9-17(20)21/h1-5,7-8,10,12H,6,9,11H2,(H,18,19)(H,20,21). The number of hydrogen-bond acceptors (Lipinski definition) is 2. The summed E-state index contributed by atoms with van der Waals surface area (Å²) >= 11 is 0. The molecule has 4 nitrogen and oxygen atoms in total. The highest BCUT2D eigenvalue weighted by molar-refractivity contribution is 5.68. The topological polar surface area (TPSA) is 66.4 Å². The Morgan fingerprint density at radius 2 is 1.81 bits per heavy atom. The van der Waals surface area contributed by atoms with Crippen molar-refractivity contribution in [3.05, 3.63) is 59.7 Å². The van der Waals surface area contributed by atoms with Crippen LogP contribution in [0.1, 0.15) is 17.5 Å². The molecule has 2 rings (SSSR count). The minimum absolute atomic E-state index is 0.139. The van der Waals surface area contributed by atoms with Crippen molar-refractivity contribution in [3.63, 3.8) is 0 Å². The fraction of sp³-hybridized carbons (Fsp3) is 0.176. The van der Waals surface area contributed by atoms with Crippen molar-refractivity contribution in [2.45, 2.75) is 19.4 Å². The van der Waals surface area contributed by atoms with E-state index in [9.17, 15) is 9.59 Å². The number of carboxylic acid groups (broad SMARTS) is 1. The summed E-state index contributed by atoms with van der Waals surface area (Å²) in [6.07, 6.45) is 1.35. The first kappa shape index (κ1) is 14.8. The zero-order valence-corrected chi connectivity index (χ0v) is 11.6. The molecule has 0 heterocycles. The van der Waals surface area contributed by atoms with Gasteiger partial charge in [0.05, 0.1) is 0 Å². The van der Waals surface area contributed by atoms with E-state index in [1.54, 1.807) is 0 Å². The smallest absolute Gasteiger partial charge is 0.303 e. The van der Waals surface area contributed by atoms with E-state index in [1.165, 1.54) is 0 Å². The Labute approximate surface area is 123 Å². The lowest BCUT2D eigenvalue weighted by Crippen LogP contribution is -2.09. The van der Waals surface area contributed by atoms with Crippen molar-refractivity contribution in [1.82, 2.24) is 5.32 Å². The second-order valence-corrected chi connectivity index (χ2v) is 4.79. The van der Waals surface area contributed by atoms with Crippen LogP contribution in [0.5, 0.6) is 0 Å². The molecule has 0 aliphatic rings. The van der Waals surface area contributed by atoms with Crippen molar-refractivity contribution >= 4 is 12.4 Å². The van der Waals surface area contributed by atoms with Crippen molar-refractivity contribution in [3.8, 4) is 11.1 Å². The van der Waals surface area contributed by atoms with Crippen LogP contribution in [0.3, 0.4) is 0 Å². The van der Waals surface area contributed by atoms with Crippen LogP contribution in [0.15, 0.2) is 48.5 Å². The average molecular weight is 283 g/mol. The highest BCUT2D eigenvalue weighted by Gasteiger charge is 2.02. The van der Waals surface area contributed by atoms with Gasteiger partial charge in [0.25, 0.3) is 0 Å². The summed E-state index contributed by atoms with van der Waals surface area (Å²) < 4.78 is 0. The van der Waals surface area contributed by atoms with Gasteiger partial charge in [-0.25, -0.2) is 0 Å². The third-order valence-corrected chi connectivity index (χ3v) is 3.23. The molecule has 0 aromatic heterocycles. The molecular weight excluding hydrogens is 266 g/mol. The van der Waals surface area contributed by atoms with Crippen LogP contribution in [0.25, 0.3) is 11.1 Å². The number of aryl methyl sites for hydroxylation is 1. The van der Waals surface area contributed by atoms with E-state index in [2.05, 4.69) is 5.32 Å². The maximum atomic E-state index is 10.6. The third-order valence-electron chi connectivity index (χ3n) is 3.23. The number of benzene rings is 2. The number of hydrogen-bond donors (Lipinski definition) is 2. The van der Waals surface area contributed by atoms with Gasteiger partial charge in [0.2, 0.25) is 6.41 Å². The monoisotopic (exact) mass is 283 g/mol. The molecule has 2 aromatic rings. The van der Waals surface area contributed by atoms with E-state index in [4.69, 9.17) is 5.11 Å². The Hall–Kier alpha value is -2.62. The quantitative estimate of drug-likeness (QED) is 0.768. The lowest BCUT2D eigenvalue weighted by atomic mass is 10.00. The molecule has 2 N–H and O–H groups in total.